The average molecular weight is 323 g/mol. The van der Waals surface area contributed by atoms with E-state index in [1.807, 2.05) is 11.4 Å². The Kier molecular flexibility index (Phi) is 3.97. The lowest BCUT2D eigenvalue weighted by molar-refractivity contribution is 0.511. The van der Waals surface area contributed by atoms with Crippen LogP contribution in [0.3, 0.4) is 0 Å². The maximum absolute atomic E-state index is 12.5. The van der Waals surface area contributed by atoms with E-state index < -0.39 is 10.0 Å². The van der Waals surface area contributed by atoms with Crippen LogP contribution in [0.1, 0.15) is 29.3 Å². The molecular weight excluding hydrogens is 306 g/mol. The maximum Gasteiger partial charge on any atom is 0.241 e. The van der Waals surface area contributed by atoms with Crippen LogP contribution in [0.2, 0.25) is 0 Å². The number of fused-ring (bicyclic) bond motifs is 1. The predicted molar refractivity (Wildman–Crippen MR) is 84.1 cm³/mol. The van der Waals surface area contributed by atoms with Gasteiger partial charge in [-0.2, -0.15) is 0 Å². The van der Waals surface area contributed by atoms with E-state index in [0.717, 1.165) is 24.8 Å². The van der Waals surface area contributed by atoms with Gasteiger partial charge in [0.1, 0.15) is 5.82 Å². The zero-order valence-electron chi connectivity index (χ0n) is 11.7. The highest BCUT2D eigenvalue weighted by atomic mass is 32.2. The number of aryl methyl sites for hydroxylation is 1. The number of rotatable bonds is 4. The molecule has 1 unspecified atom stereocenters. The van der Waals surface area contributed by atoms with E-state index in [4.69, 9.17) is 0 Å². The van der Waals surface area contributed by atoms with E-state index in [2.05, 4.69) is 15.0 Å². The highest BCUT2D eigenvalue weighted by Gasteiger charge is 2.26. The third kappa shape index (κ3) is 2.95. The van der Waals surface area contributed by atoms with Crippen molar-refractivity contribution >= 4 is 27.2 Å². The van der Waals surface area contributed by atoms with Crippen molar-refractivity contribution in [2.24, 2.45) is 0 Å². The number of nitrogens with one attached hydrogen (secondary N) is 2. The number of aromatic nitrogens is 1. The largest absolute Gasteiger partial charge is 0.373 e. The van der Waals surface area contributed by atoms with Crippen molar-refractivity contribution < 1.29 is 8.42 Å². The fourth-order valence-corrected chi connectivity index (χ4v) is 4.83. The second-order valence-corrected chi connectivity index (χ2v) is 7.71. The molecule has 2 aromatic rings. The Morgan fingerprint density at radius 3 is 3.05 bits per heavy atom. The summed E-state index contributed by atoms with van der Waals surface area (Å²) < 4.78 is 27.9. The number of pyridine rings is 1. The predicted octanol–water partition coefficient (Wildman–Crippen LogP) is 2.54. The zero-order chi connectivity index (χ0) is 14.9. The summed E-state index contributed by atoms with van der Waals surface area (Å²) in [6, 6.07) is 4.95. The Balaban J connectivity index is 1.87. The van der Waals surface area contributed by atoms with Gasteiger partial charge >= 0.3 is 0 Å². The molecule has 2 aromatic heterocycles. The molecule has 0 bridgehead atoms. The molecular formula is C14H17N3O2S2. The van der Waals surface area contributed by atoms with Crippen LogP contribution < -0.4 is 10.0 Å². The van der Waals surface area contributed by atoms with Crippen LogP contribution in [0, 0.1) is 0 Å². The van der Waals surface area contributed by atoms with E-state index >= 15 is 0 Å². The van der Waals surface area contributed by atoms with E-state index in [9.17, 15) is 8.42 Å². The van der Waals surface area contributed by atoms with E-state index in [0.29, 0.717) is 5.82 Å². The molecule has 0 spiro atoms. The minimum Gasteiger partial charge on any atom is -0.373 e. The summed E-state index contributed by atoms with van der Waals surface area (Å²) in [6.07, 6.45) is 4.40. The number of hydrogen-bond donors (Lipinski definition) is 2. The molecule has 3 rings (SSSR count). The first-order valence-corrected chi connectivity index (χ1v) is 9.19. The summed E-state index contributed by atoms with van der Waals surface area (Å²) in [7, 11) is -1.83. The number of thiophene rings is 1. The minimum atomic E-state index is -3.54. The van der Waals surface area contributed by atoms with E-state index in [1.54, 1.807) is 24.5 Å². The Morgan fingerprint density at radius 1 is 1.38 bits per heavy atom. The van der Waals surface area contributed by atoms with Crippen molar-refractivity contribution in [2.45, 2.75) is 30.2 Å². The number of sulfonamides is 1. The monoisotopic (exact) mass is 323 g/mol. The Hall–Kier alpha value is -1.44. The van der Waals surface area contributed by atoms with Gasteiger partial charge in [0.05, 0.1) is 4.90 Å². The highest BCUT2D eigenvalue weighted by molar-refractivity contribution is 7.89. The van der Waals surface area contributed by atoms with Crippen LogP contribution in [0.15, 0.2) is 34.7 Å². The second-order valence-electron chi connectivity index (χ2n) is 4.99. The summed E-state index contributed by atoms with van der Waals surface area (Å²) >= 11 is 1.70. The van der Waals surface area contributed by atoms with E-state index in [1.165, 1.54) is 17.1 Å². The van der Waals surface area contributed by atoms with Crippen LogP contribution >= 0.6 is 11.3 Å². The first-order chi connectivity index (χ1) is 10.1. The van der Waals surface area contributed by atoms with Gasteiger partial charge in [-0.3, -0.25) is 0 Å². The van der Waals surface area contributed by atoms with Crippen molar-refractivity contribution in [3.8, 4) is 0 Å². The molecule has 0 radical (unpaired) electrons. The number of nitrogens with zero attached hydrogens (tertiary/aromatic N) is 1. The molecule has 7 heteroatoms. The normalized spacial score (nSPS) is 18.2. The number of hydrogen-bond acceptors (Lipinski definition) is 5. The molecule has 1 atom stereocenters. The highest BCUT2D eigenvalue weighted by Crippen LogP contribution is 2.34. The average Bonchev–Trinajstić information content (AvgIpc) is 2.97. The lowest BCUT2D eigenvalue weighted by atomic mass is 9.95. The molecule has 0 fully saturated rings. The van der Waals surface area contributed by atoms with Crippen LogP contribution in [-0.2, 0) is 16.4 Å². The Labute approximate surface area is 128 Å². The lowest BCUT2D eigenvalue weighted by Crippen LogP contribution is -2.30. The van der Waals surface area contributed by atoms with Crippen molar-refractivity contribution in [1.29, 1.82) is 0 Å². The molecule has 21 heavy (non-hydrogen) atoms. The molecule has 112 valence electrons. The second kappa shape index (κ2) is 5.75. The molecule has 2 N–H and O–H groups in total. The topological polar surface area (TPSA) is 71.1 Å². The van der Waals surface area contributed by atoms with Crippen molar-refractivity contribution in [3.05, 3.63) is 40.2 Å². The third-order valence-corrected chi connectivity index (χ3v) is 6.11. The van der Waals surface area contributed by atoms with Gasteiger partial charge in [-0.25, -0.2) is 18.1 Å². The summed E-state index contributed by atoms with van der Waals surface area (Å²) in [5, 5.41) is 4.88. The van der Waals surface area contributed by atoms with E-state index in [-0.39, 0.29) is 10.9 Å². The summed E-state index contributed by atoms with van der Waals surface area (Å²) in [5.41, 5.74) is 1.12. The molecule has 2 heterocycles. The summed E-state index contributed by atoms with van der Waals surface area (Å²) in [6.45, 7) is 0. The Bertz CT molecular complexity index is 740. The lowest BCUT2D eigenvalue weighted by Gasteiger charge is -2.23. The van der Waals surface area contributed by atoms with Gasteiger partial charge in [-0.1, -0.05) is 0 Å². The zero-order valence-corrected chi connectivity index (χ0v) is 13.3. The van der Waals surface area contributed by atoms with Gasteiger partial charge in [-0.15, -0.1) is 11.3 Å². The van der Waals surface area contributed by atoms with Crippen LogP contribution in [0.5, 0.6) is 0 Å². The van der Waals surface area contributed by atoms with Gasteiger partial charge in [0.15, 0.2) is 0 Å². The fourth-order valence-electron chi connectivity index (χ4n) is 2.58. The molecule has 0 aliphatic heterocycles. The summed E-state index contributed by atoms with van der Waals surface area (Å²) in [4.78, 5) is 5.58. The van der Waals surface area contributed by atoms with Gasteiger partial charge in [0.2, 0.25) is 10.0 Å². The third-order valence-electron chi connectivity index (χ3n) is 3.65. The van der Waals surface area contributed by atoms with Gasteiger partial charge in [-0.05, 0) is 42.3 Å². The molecule has 1 aliphatic carbocycles. The first-order valence-electron chi connectivity index (χ1n) is 6.82. The van der Waals surface area contributed by atoms with Crippen molar-refractivity contribution in [2.75, 3.05) is 12.4 Å². The molecule has 0 amide bonds. The van der Waals surface area contributed by atoms with Gasteiger partial charge in [0.25, 0.3) is 0 Å². The van der Waals surface area contributed by atoms with Gasteiger partial charge in [0, 0.05) is 30.2 Å². The molecule has 1 aliphatic rings. The Morgan fingerprint density at radius 2 is 2.24 bits per heavy atom. The quantitative estimate of drug-likeness (QED) is 0.907. The first kappa shape index (κ1) is 14.5. The standard InChI is InChI=1S/C14H17N3O2S2/c1-15-14-9-10(5-7-16-14)21(18,19)17-12-3-2-4-13-11(12)6-8-20-13/h5-9,12,17H,2-4H2,1H3,(H,15,16). The smallest absolute Gasteiger partial charge is 0.241 e. The summed E-state index contributed by atoms with van der Waals surface area (Å²) in [5.74, 6) is 0.540. The fraction of sp³-hybridized carbons (Fsp3) is 0.357. The van der Waals surface area contributed by atoms with Gasteiger partial charge < -0.3 is 5.32 Å². The molecule has 0 aromatic carbocycles. The van der Waals surface area contributed by atoms with Crippen LogP contribution in [0.4, 0.5) is 5.82 Å². The molecule has 5 nitrogen and oxygen atoms in total. The maximum atomic E-state index is 12.5. The minimum absolute atomic E-state index is 0.129. The number of anilines is 1. The molecule has 0 saturated carbocycles. The van der Waals surface area contributed by atoms with Crippen LogP contribution in [0.25, 0.3) is 0 Å². The SMILES string of the molecule is CNc1cc(S(=O)(=O)NC2CCCc3sccc32)ccn1. The van der Waals surface area contributed by atoms with Crippen molar-refractivity contribution in [1.82, 2.24) is 9.71 Å². The molecule has 0 saturated heterocycles. The van der Waals surface area contributed by atoms with Crippen LogP contribution in [-0.4, -0.2) is 20.4 Å². The van der Waals surface area contributed by atoms with Crippen molar-refractivity contribution in [3.63, 3.8) is 0 Å².